The quantitative estimate of drug-likeness (QED) is 0.296. The van der Waals surface area contributed by atoms with Crippen LogP contribution in [-0.2, 0) is 24.1 Å². The predicted octanol–water partition coefficient (Wildman–Crippen LogP) is 5.27. The van der Waals surface area contributed by atoms with Crippen LogP contribution in [0.3, 0.4) is 0 Å². The Morgan fingerprint density at radius 2 is 1.76 bits per heavy atom. The van der Waals surface area contributed by atoms with Crippen LogP contribution in [0.2, 0.25) is 0 Å². The molecule has 6 rings (SSSR count). The zero-order valence-corrected chi connectivity index (χ0v) is 24.2. The molecule has 0 unspecified atom stereocenters. The summed E-state index contributed by atoms with van der Waals surface area (Å²) in [6.07, 6.45) is 0.562. The van der Waals surface area contributed by atoms with E-state index in [0.717, 1.165) is 51.2 Å². The van der Waals surface area contributed by atoms with Gasteiger partial charge >= 0.3 is 5.97 Å². The Morgan fingerprint density at radius 1 is 1.00 bits per heavy atom. The van der Waals surface area contributed by atoms with Crippen molar-refractivity contribution in [2.45, 2.75) is 45.4 Å². The maximum Gasteiger partial charge on any atom is 0.340 e. The molecule has 1 aliphatic heterocycles. The number of aryl methyl sites for hydroxylation is 1. The molecule has 42 heavy (non-hydrogen) atoms. The van der Waals surface area contributed by atoms with Gasteiger partial charge in [-0.3, -0.25) is 4.79 Å². The zero-order valence-electron chi connectivity index (χ0n) is 24.2. The third-order valence-corrected chi connectivity index (χ3v) is 8.38. The van der Waals surface area contributed by atoms with Crippen molar-refractivity contribution in [2.75, 3.05) is 20.8 Å². The van der Waals surface area contributed by atoms with E-state index in [-0.39, 0.29) is 12.5 Å². The Hall–Kier alpha value is -4.56. The van der Waals surface area contributed by atoms with Gasteiger partial charge < -0.3 is 29.2 Å². The number of nitrogens with zero attached hydrogens (tertiary/aromatic N) is 1. The lowest BCUT2D eigenvalue weighted by Gasteiger charge is -2.23. The topological polar surface area (TPSA) is 99.0 Å². The molecule has 0 bridgehead atoms. The monoisotopic (exact) mass is 566 g/mol. The maximum atomic E-state index is 13.6. The molecule has 2 aliphatic rings. The minimum Gasteiger partial charge on any atom is -0.493 e. The summed E-state index contributed by atoms with van der Waals surface area (Å²) in [5.41, 5.74) is 7.95. The van der Waals surface area contributed by atoms with Crippen molar-refractivity contribution >= 4 is 11.9 Å². The number of hydrogen-bond donors (Lipinski definition) is 2. The minimum absolute atomic E-state index is 0.231. The van der Waals surface area contributed by atoms with Crippen molar-refractivity contribution in [3.05, 3.63) is 94.2 Å². The first-order valence-corrected chi connectivity index (χ1v) is 14.2. The lowest BCUT2D eigenvalue weighted by molar-refractivity contribution is 0.0528. The normalized spacial score (nSPS) is 16.7. The number of aromatic nitrogens is 1. The number of carbonyl (C=O) groups excluding carboxylic acids is 2. The number of rotatable bonds is 7. The van der Waals surface area contributed by atoms with Crippen molar-refractivity contribution < 1.29 is 28.9 Å². The second kappa shape index (κ2) is 11.0. The summed E-state index contributed by atoms with van der Waals surface area (Å²) in [7, 11) is 3.20. The first kappa shape index (κ1) is 27.6. The van der Waals surface area contributed by atoms with Crippen LogP contribution in [0.4, 0.5) is 0 Å². The van der Waals surface area contributed by atoms with Crippen molar-refractivity contribution in [1.82, 2.24) is 9.88 Å². The summed E-state index contributed by atoms with van der Waals surface area (Å²) in [6.45, 7) is 4.69. The van der Waals surface area contributed by atoms with Crippen LogP contribution in [0, 0.1) is 6.92 Å². The summed E-state index contributed by atoms with van der Waals surface area (Å²) < 4.78 is 18.9. The Balaban J connectivity index is 1.44. The van der Waals surface area contributed by atoms with Gasteiger partial charge in [-0.15, -0.1) is 0 Å². The summed E-state index contributed by atoms with van der Waals surface area (Å²) in [5, 5.41) is 13.7. The van der Waals surface area contributed by atoms with E-state index in [1.165, 1.54) is 0 Å². The minimum atomic E-state index is -0.693. The lowest BCUT2D eigenvalue weighted by Crippen LogP contribution is -2.33. The van der Waals surface area contributed by atoms with Gasteiger partial charge in [0.2, 0.25) is 0 Å². The molecule has 4 aromatic rings. The number of fused-ring (bicyclic) bond motifs is 4. The molecule has 8 nitrogen and oxygen atoms in total. The van der Waals surface area contributed by atoms with E-state index in [0.29, 0.717) is 35.6 Å². The number of aliphatic hydroxyl groups excluding tert-OH is 1. The highest BCUT2D eigenvalue weighted by atomic mass is 16.5. The highest BCUT2D eigenvalue weighted by molar-refractivity contribution is 6.06. The molecule has 0 radical (unpaired) electrons. The van der Waals surface area contributed by atoms with Crippen LogP contribution in [0.1, 0.15) is 56.1 Å². The fourth-order valence-corrected chi connectivity index (χ4v) is 6.42. The zero-order chi connectivity index (χ0) is 29.5. The summed E-state index contributed by atoms with van der Waals surface area (Å²) >= 11 is 0. The Morgan fingerprint density at radius 3 is 2.52 bits per heavy atom. The van der Waals surface area contributed by atoms with E-state index >= 15 is 0 Å². The Bertz CT molecular complexity index is 1700. The molecule has 1 aliphatic carbocycles. The van der Waals surface area contributed by atoms with E-state index in [9.17, 15) is 14.7 Å². The van der Waals surface area contributed by atoms with Crippen molar-refractivity contribution in [2.24, 2.45) is 0 Å². The molecular formula is C34H34N2O6. The lowest BCUT2D eigenvalue weighted by atomic mass is 9.93. The number of aliphatic hydroxyl groups is 1. The van der Waals surface area contributed by atoms with Crippen LogP contribution in [0.25, 0.3) is 22.4 Å². The molecule has 1 aromatic heterocycles. The van der Waals surface area contributed by atoms with Gasteiger partial charge in [0.1, 0.15) is 0 Å². The number of ether oxygens (including phenoxy) is 3. The SMILES string of the molecule is CCOC(=O)c1c(-c2cccc(C(=O)N[C@H]3c4ccccc4C[C@H]3O)c2)c(C)n2c1-c1cc(OC)c(OC)cc1CC2. The molecule has 0 fully saturated rings. The van der Waals surface area contributed by atoms with Gasteiger partial charge in [-0.2, -0.15) is 0 Å². The summed E-state index contributed by atoms with van der Waals surface area (Å²) in [4.78, 5) is 27.1. The second-order valence-corrected chi connectivity index (χ2v) is 10.7. The first-order chi connectivity index (χ1) is 20.4. The molecule has 3 aromatic carbocycles. The highest BCUT2D eigenvalue weighted by Gasteiger charge is 2.34. The largest absolute Gasteiger partial charge is 0.493 e. The van der Waals surface area contributed by atoms with Gasteiger partial charge in [0.05, 0.1) is 44.2 Å². The Labute approximate surface area is 244 Å². The van der Waals surface area contributed by atoms with Gasteiger partial charge in [-0.05, 0) is 66.8 Å². The average molecular weight is 567 g/mol. The van der Waals surface area contributed by atoms with E-state index < -0.39 is 18.1 Å². The number of nitrogens with one attached hydrogen (secondary N) is 1. The van der Waals surface area contributed by atoms with Gasteiger partial charge in [0.15, 0.2) is 11.5 Å². The maximum absolute atomic E-state index is 13.6. The molecule has 0 saturated heterocycles. The smallest absolute Gasteiger partial charge is 0.340 e. The number of esters is 1. The molecule has 1 amide bonds. The third kappa shape index (κ3) is 4.52. The fraction of sp³-hybridized carbons (Fsp3) is 0.294. The van der Waals surface area contributed by atoms with Gasteiger partial charge in [-0.1, -0.05) is 36.4 Å². The van der Waals surface area contributed by atoms with Gasteiger partial charge in [0, 0.05) is 35.3 Å². The summed E-state index contributed by atoms with van der Waals surface area (Å²) in [6, 6.07) is 18.4. The molecular weight excluding hydrogens is 532 g/mol. The average Bonchev–Trinajstić information content (AvgIpc) is 3.49. The number of hydrogen-bond acceptors (Lipinski definition) is 6. The van der Waals surface area contributed by atoms with Crippen LogP contribution < -0.4 is 14.8 Å². The predicted molar refractivity (Wildman–Crippen MR) is 159 cm³/mol. The molecule has 2 atom stereocenters. The van der Waals surface area contributed by atoms with Gasteiger partial charge in [-0.25, -0.2) is 4.79 Å². The number of carbonyl (C=O) groups is 2. The molecule has 0 spiro atoms. The van der Waals surface area contributed by atoms with Crippen molar-refractivity contribution in [1.29, 1.82) is 0 Å². The van der Waals surface area contributed by atoms with Crippen LogP contribution in [0.15, 0.2) is 60.7 Å². The molecule has 0 saturated carbocycles. The van der Waals surface area contributed by atoms with Crippen molar-refractivity contribution in [3.8, 4) is 33.9 Å². The molecule has 2 heterocycles. The number of amides is 1. The van der Waals surface area contributed by atoms with Crippen molar-refractivity contribution in [3.63, 3.8) is 0 Å². The van der Waals surface area contributed by atoms with Crippen LogP contribution >= 0.6 is 0 Å². The van der Waals surface area contributed by atoms with E-state index in [1.54, 1.807) is 33.3 Å². The molecule has 2 N–H and O–H groups in total. The number of benzene rings is 3. The number of methoxy groups -OCH3 is 2. The standard InChI is InChI=1S/C34H34N2O6/c1-5-42-34(39)30-29(19(2)36-14-13-21-17-27(40-3)28(41-4)18-25(21)32(30)36)22-10-8-11-23(15-22)33(38)35-31-24-12-7-6-9-20(24)16-26(31)37/h6-12,15,17-18,26,31,37H,5,13-14,16H2,1-4H3,(H,35,38)/t26-,31+/m1/s1. The first-order valence-electron chi connectivity index (χ1n) is 14.2. The highest BCUT2D eigenvalue weighted by Crippen LogP contribution is 2.45. The fourth-order valence-electron chi connectivity index (χ4n) is 6.42. The molecule has 8 heteroatoms. The second-order valence-electron chi connectivity index (χ2n) is 10.7. The molecule has 216 valence electrons. The van der Waals surface area contributed by atoms with E-state index in [4.69, 9.17) is 14.2 Å². The van der Waals surface area contributed by atoms with E-state index in [1.807, 2.05) is 55.5 Å². The Kier molecular flexibility index (Phi) is 7.24. The van der Waals surface area contributed by atoms with E-state index in [2.05, 4.69) is 9.88 Å². The van der Waals surface area contributed by atoms with Crippen LogP contribution in [0.5, 0.6) is 11.5 Å². The van der Waals surface area contributed by atoms with Gasteiger partial charge in [0.25, 0.3) is 5.91 Å². The third-order valence-electron chi connectivity index (χ3n) is 8.38. The van der Waals surface area contributed by atoms with Crippen LogP contribution in [-0.4, -0.2) is 48.5 Å². The summed E-state index contributed by atoms with van der Waals surface area (Å²) in [5.74, 6) is 0.500.